The molecule has 0 bridgehead atoms. The number of hydrogen-bond acceptors (Lipinski definition) is 4. The molecule has 1 aromatic carbocycles. The van der Waals surface area contributed by atoms with Crippen molar-refractivity contribution in [1.82, 2.24) is 5.32 Å². The van der Waals surface area contributed by atoms with Crippen molar-refractivity contribution in [3.8, 4) is 5.75 Å². The molecule has 1 aromatic rings. The summed E-state index contributed by atoms with van der Waals surface area (Å²) in [4.78, 5) is 0. The van der Waals surface area contributed by atoms with E-state index in [2.05, 4.69) is 21.2 Å². The zero-order valence-corrected chi connectivity index (χ0v) is 13.5. The second-order valence-electron chi connectivity index (χ2n) is 5.55. The van der Waals surface area contributed by atoms with Crippen LogP contribution in [0, 0.1) is 0 Å². The van der Waals surface area contributed by atoms with Crippen molar-refractivity contribution in [3.05, 3.63) is 28.2 Å². The molecule has 2 fully saturated rings. The van der Waals surface area contributed by atoms with Gasteiger partial charge in [-0.3, -0.25) is 0 Å². The van der Waals surface area contributed by atoms with Gasteiger partial charge in [-0.1, -0.05) is 15.9 Å². The molecule has 0 aromatic heterocycles. The van der Waals surface area contributed by atoms with Crippen molar-refractivity contribution < 1.29 is 13.2 Å². The molecule has 1 aliphatic carbocycles. The van der Waals surface area contributed by atoms with Crippen molar-refractivity contribution in [2.24, 2.45) is 0 Å². The Morgan fingerprint density at radius 2 is 2.10 bits per heavy atom. The fraction of sp³-hybridized carbons (Fsp3) is 0.571. The van der Waals surface area contributed by atoms with Crippen LogP contribution < -0.4 is 10.1 Å². The number of hydrogen-bond donors (Lipinski definition) is 1. The van der Waals surface area contributed by atoms with Gasteiger partial charge in [0.25, 0.3) is 0 Å². The monoisotopic (exact) mass is 359 g/mol. The molecule has 0 amide bonds. The lowest BCUT2D eigenvalue weighted by atomic mass is 10.2. The lowest BCUT2D eigenvalue weighted by molar-refractivity contribution is 0.226. The minimum Gasteiger partial charge on any atom is -0.489 e. The van der Waals surface area contributed by atoms with Crippen LogP contribution in [0.2, 0.25) is 0 Å². The molecule has 4 nitrogen and oxygen atoms in total. The van der Waals surface area contributed by atoms with Crippen LogP contribution in [-0.4, -0.2) is 32.1 Å². The molecule has 0 radical (unpaired) electrons. The van der Waals surface area contributed by atoms with Gasteiger partial charge in [-0.05, 0) is 37.5 Å². The molecular weight excluding hydrogens is 342 g/mol. The number of halogens is 1. The van der Waals surface area contributed by atoms with Gasteiger partial charge in [-0.25, -0.2) is 8.42 Å². The number of ether oxygens (including phenoxy) is 1. The van der Waals surface area contributed by atoms with E-state index in [-0.39, 0.29) is 17.6 Å². The molecular formula is C14H18BrNO3S. The quantitative estimate of drug-likeness (QED) is 0.875. The van der Waals surface area contributed by atoms with Crippen LogP contribution in [0.5, 0.6) is 5.75 Å². The van der Waals surface area contributed by atoms with Gasteiger partial charge in [0, 0.05) is 22.6 Å². The standard InChI is InChI=1S/C14H18BrNO3S/c15-11-1-4-14(10(7-11)8-16-12-2-3-12)19-13-5-6-20(17,18)9-13/h1,4,7,12-13,16H,2-3,5-6,8-9H2. The first-order chi connectivity index (χ1) is 9.52. The van der Waals surface area contributed by atoms with Crippen LogP contribution in [-0.2, 0) is 16.4 Å². The predicted octanol–water partition coefficient (Wildman–Crippen LogP) is 2.27. The summed E-state index contributed by atoms with van der Waals surface area (Å²) in [7, 11) is -2.90. The molecule has 1 saturated carbocycles. The smallest absolute Gasteiger partial charge is 0.154 e. The minimum absolute atomic E-state index is 0.137. The zero-order chi connectivity index (χ0) is 14.2. The summed E-state index contributed by atoms with van der Waals surface area (Å²) in [6.07, 6.45) is 2.87. The van der Waals surface area contributed by atoms with Crippen molar-refractivity contribution in [2.45, 2.75) is 38.0 Å². The van der Waals surface area contributed by atoms with Gasteiger partial charge in [0.15, 0.2) is 9.84 Å². The molecule has 1 saturated heterocycles. The Hall–Kier alpha value is -0.590. The highest BCUT2D eigenvalue weighted by molar-refractivity contribution is 9.10. The second-order valence-corrected chi connectivity index (χ2v) is 8.69. The van der Waals surface area contributed by atoms with Crippen molar-refractivity contribution >= 4 is 25.8 Å². The largest absolute Gasteiger partial charge is 0.489 e. The summed E-state index contributed by atoms with van der Waals surface area (Å²) < 4.78 is 29.9. The first-order valence-corrected chi connectivity index (χ1v) is 9.52. The van der Waals surface area contributed by atoms with Gasteiger partial charge in [0.1, 0.15) is 11.9 Å². The molecule has 2 aliphatic rings. The average molecular weight is 360 g/mol. The highest BCUT2D eigenvalue weighted by Crippen LogP contribution is 2.28. The third-order valence-electron chi connectivity index (χ3n) is 3.67. The van der Waals surface area contributed by atoms with Gasteiger partial charge >= 0.3 is 0 Å². The van der Waals surface area contributed by atoms with Gasteiger partial charge in [0.2, 0.25) is 0 Å². The van der Waals surface area contributed by atoms with E-state index in [9.17, 15) is 8.42 Å². The van der Waals surface area contributed by atoms with E-state index in [4.69, 9.17) is 4.74 Å². The Labute approximate surface area is 127 Å². The number of benzene rings is 1. The number of rotatable bonds is 5. The van der Waals surface area contributed by atoms with Crippen LogP contribution in [0.25, 0.3) is 0 Å². The first-order valence-electron chi connectivity index (χ1n) is 6.91. The van der Waals surface area contributed by atoms with E-state index in [0.29, 0.717) is 12.5 Å². The van der Waals surface area contributed by atoms with E-state index < -0.39 is 9.84 Å². The van der Waals surface area contributed by atoms with Crippen LogP contribution in [0.15, 0.2) is 22.7 Å². The van der Waals surface area contributed by atoms with Crippen LogP contribution in [0.3, 0.4) is 0 Å². The molecule has 20 heavy (non-hydrogen) atoms. The summed E-state index contributed by atoms with van der Waals surface area (Å²) in [5.41, 5.74) is 1.08. The zero-order valence-electron chi connectivity index (χ0n) is 11.1. The van der Waals surface area contributed by atoms with Crippen molar-refractivity contribution in [3.63, 3.8) is 0 Å². The lowest BCUT2D eigenvalue weighted by Crippen LogP contribution is -2.20. The van der Waals surface area contributed by atoms with Gasteiger partial charge in [-0.15, -0.1) is 0 Å². The van der Waals surface area contributed by atoms with Gasteiger partial charge < -0.3 is 10.1 Å². The molecule has 1 unspecified atom stereocenters. The fourth-order valence-electron chi connectivity index (χ4n) is 2.38. The van der Waals surface area contributed by atoms with Gasteiger partial charge in [-0.2, -0.15) is 0 Å². The SMILES string of the molecule is O=S1(=O)CCC(Oc2ccc(Br)cc2CNC2CC2)C1. The molecule has 1 heterocycles. The third kappa shape index (κ3) is 3.74. The Balaban J connectivity index is 1.70. The Kier molecular flexibility index (Phi) is 4.06. The summed E-state index contributed by atoms with van der Waals surface area (Å²) >= 11 is 3.47. The molecule has 1 aliphatic heterocycles. The Morgan fingerprint density at radius 3 is 2.75 bits per heavy atom. The number of nitrogens with one attached hydrogen (secondary N) is 1. The topological polar surface area (TPSA) is 55.4 Å². The van der Waals surface area contributed by atoms with Crippen molar-refractivity contribution in [1.29, 1.82) is 0 Å². The van der Waals surface area contributed by atoms with E-state index in [1.165, 1.54) is 12.8 Å². The Bertz CT molecular complexity index is 598. The maximum absolute atomic E-state index is 11.5. The molecule has 0 spiro atoms. The van der Waals surface area contributed by atoms with Crippen LogP contribution >= 0.6 is 15.9 Å². The summed E-state index contributed by atoms with van der Waals surface area (Å²) in [5.74, 6) is 1.17. The van der Waals surface area contributed by atoms with Crippen molar-refractivity contribution in [2.75, 3.05) is 11.5 Å². The number of sulfone groups is 1. The van der Waals surface area contributed by atoms with E-state index >= 15 is 0 Å². The molecule has 3 rings (SSSR count). The Morgan fingerprint density at radius 1 is 1.30 bits per heavy atom. The maximum atomic E-state index is 11.5. The van der Waals surface area contributed by atoms with E-state index in [0.717, 1.165) is 22.3 Å². The maximum Gasteiger partial charge on any atom is 0.154 e. The minimum atomic E-state index is -2.90. The highest BCUT2D eigenvalue weighted by Gasteiger charge is 2.30. The van der Waals surface area contributed by atoms with E-state index in [1.807, 2.05) is 18.2 Å². The van der Waals surface area contributed by atoms with E-state index in [1.54, 1.807) is 0 Å². The lowest BCUT2D eigenvalue weighted by Gasteiger charge is -2.16. The first kappa shape index (κ1) is 14.4. The van der Waals surface area contributed by atoms with Crippen LogP contribution in [0.1, 0.15) is 24.8 Å². The van der Waals surface area contributed by atoms with Gasteiger partial charge in [0.05, 0.1) is 11.5 Å². The average Bonchev–Trinajstić information content (AvgIpc) is 3.14. The van der Waals surface area contributed by atoms with Crippen LogP contribution in [0.4, 0.5) is 0 Å². The third-order valence-corrected chi connectivity index (χ3v) is 5.90. The predicted molar refractivity (Wildman–Crippen MR) is 81.7 cm³/mol. The molecule has 1 N–H and O–H groups in total. The normalized spacial score (nSPS) is 24.8. The molecule has 6 heteroatoms. The highest BCUT2D eigenvalue weighted by atomic mass is 79.9. The fourth-order valence-corrected chi connectivity index (χ4v) is 4.37. The summed E-state index contributed by atoms with van der Waals surface area (Å²) in [6.45, 7) is 0.763. The summed E-state index contributed by atoms with van der Waals surface area (Å²) in [6, 6.07) is 6.51. The molecule has 1 atom stereocenters. The molecule has 110 valence electrons. The second kappa shape index (κ2) is 5.66. The summed E-state index contributed by atoms with van der Waals surface area (Å²) in [5, 5.41) is 3.46.